The molecule has 0 fully saturated rings. The predicted octanol–water partition coefficient (Wildman–Crippen LogP) is 7.22. The van der Waals surface area contributed by atoms with E-state index >= 15 is 0 Å². The summed E-state index contributed by atoms with van der Waals surface area (Å²) in [7, 11) is -14.5. The molecule has 0 amide bonds. The first kappa shape index (κ1) is 23.7. The second kappa shape index (κ2) is 6.17. The van der Waals surface area contributed by atoms with E-state index in [1.54, 1.807) is 0 Å². The van der Waals surface area contributed by atoms with Crippen molar-refractivity contribution in [3.8, 4) is 0 Å². The van der Waals surface area contributed by atoms with E-state index in [0.717, 1.165) is 0 Å². The van der Waals surface area contributed by atoms with Crippen molar-refractivity contribution in [1.82, 2.24) is 0 Å². The summed E-state index contributed by atoms with van der Waals surface area (Å²) >= 11 is 0. The molecule has 0 spiro atoms. The Balaban J connectivity index is 6.50. The summed E-state index contributed by atoms with van der Waals surface area (Å²) in [5, 5.41) is 0. The lowest BCUT2D eigenvalue weighted by atomic mass is 10.7. The van der Waals surface area contributed by atoms with Gasteiger partial charge in [-0.1, -0.05) is 0 Å². The zero-order chi connectivity index (χ0) is 20.2. The smallest absolute Gasteiger partial charge is 0.194 e. The Bertz CT molecular complexity index is 365. The molecule has 146 valence electrons. The Labute approximate surface area is 122 Å². The molecular weight excluding hydrogens is 438 g/mol. The van der Waals surface area contributed by atoms with Crippen molar-refractivity contribution in [2.45, 2.75) is 35.0 Å². The van der Waals surface area contributed by atoms with Crippen LogP contribution in [0.3, 0.4) is 0 Å². The molecule has 18 heteroatoms. The summed E-state index contributed by atoms with van der Waals surface area (Å²) in [6.45, 7) is 0. The third-order valence-electron chi connectivity index (χ3n) is 1.94. The van der Waals surface area contributed by atoms with Crippen LogP contribution in [0.5, 0.6) is 0 Å². The van der Waals surface area contributed by atoms with Crippen LogP contribution in [0.15, 0.2) is 0 Å². The predicted molar refractivity (Wildman–Crippen MR) is 48.0 cm³/mol. The van der Waals surface area contributed by atoms with Crippen LogP contribution in [0, 0.1) is 0 Å². The van der Waals surface area contributed by atoms with E-state index < -0.39 is 50.8 Å². The van der Waals surface area contributed by atoms with Crippen molar-refractivity contribution >= 4 is 15.8 Å². The largest absolute Gasteiger partial charge is 0.420 e. The van der Waals surface area contributed by atoms with Crippen LogP contribution in [-0.2, 0) is 0 Å². The van der Waals surface area contributed by atoms with E-state index in [2.05, 4.69) is 0 Å². The standard InChI is InChI=1S/C6F16P2/c7-1(8,23(3(11,12)13)4(14,15)16)2(9,10)24(5(17,18)19)6(20,21)22. The van der Waals surface area contributed by atoms with Gasteiger partial charge in [0.15, 0.2) is 15.8 Å². The lowest BCUT2D eigenvalue weighted by Gasteiger charge is -2.39. The van der Waals surface area contributed by atoms with Crippen LogP contribution in [-0.4, -0.2) is 35.0 Å². The lowest BCUT2D eigenvalue weighted by molar-refractivity contribution is -0.157. The molecule has 0 N–H and O–H groups in total. The molecule has 0 aliphatic heterocycles. The van der Waals surface area contributed by atoms with Gasteiger partial charge in [-0.05, 0) is 0 Å². The summed E-state index contributed by atoms with van der Waals surface area (Å²) in [6.07, 6.45) is 0. The van der Waals surface area contributed by atoms with Crippen molar-refractivity contribution in [3.63, 3.8) is 0 Å². The van der Waals surface area contributed by atoms with Gasteiger partial charge in [-0.15, -0.1) is 0 Å². The van der Waals surface area contributed by atoms with Crippen LogP contribution < -0.4 is 0 Å². The van der Waals surface area contributed by atoms with E-state index in [9.17, 15) is 70.2 Å². The molecular formula is C6F16P2. The van der Waals surface area contributed by atoms with Crippen LogP contribution in [0.4, 0.5) is 70.2 Å². The maximum atomic E-state index is 13.0. The Morgan fingerprint density at radius 3 is 0.500 bits per heavy atom. The minimum atomic E-state index is -7.71. The van der Waals surface area contributed by atoms with Crippen LogP contribution in [0.2, 0.25) is 0 Å². The molecule has 0 aromatic rings. The summed E-state index contributed by atoms with van der Waals surface area (Å²) in [6, 6.07) is 0. The van der Waals surface area contributed by atoms with E-state index in [0.29, 0.717) is 0 Å². The molecule has 0 saturated carbocycles. The SMILES string of the molecule is FC(F)(F)P(C(F)(F)F)C(F)(F)C(F)(F)P(C(F)(F)F)C(F)(F)F. The number of halogens is 16. The topological polar surface area (TPSA) is 0 Å². The van der Waals surface area contributed by atoms with Crippen LogP contribution in [0.1, 0.15) is 0 Å². The van der Waals surface area contributed by atoms with Gasteiger partial charge in [0, 0.05) is 0 Å². The highest BCUT2D eigenvalue weighted by molar-refractivity contribution is 7.65. The third-order valence-corrected chi connectivity index (χ3v) is 5.83. The lowest BCUT2D eigenvalue weighted by Crippen LogP contribution is -2.48. The highest BCUT2D eigenvalue weighted by atomic mass is 31.1. The molecule has 0 nitrogen and oxygen atoms in total. The molecule has 0 bridgehead atoms. The maximum Gasteiger partial charge on any atom is 0.420 e. The summed E-state index contributed by atoms with van der Waals surface area (Å²) in [5.41, 5.74) is -15.4. The van der Waals surface area contributed by atoms with Gasteiger partial charge in [0.05, 0.1) is 0 Å². The highest BCUT2D eigenvalue weighted by Crippen LogP contribution is 2.84. The normalized spacial score (nSPS) is 16.2. The van der Waals surface area contributed by atoms with Gasteiger partial charge in [-0.2, -0.15) is 70.2 Å². The molecule has 0 aliphatic rings. The molecule has 24 heavy (non-hydrogen) atoms. The first-order valence-corrected chi connectivity index (χ1v) is 7.30. The van der Waals surface area contributed by atoms with Gasteiger partial charge in [0.25, 0.3) is 0 Å². The molecule has 0 heterocycles. The second-order valence-electron chi connectivity index (χ2n) is 3.62. The quantitative estimate of drug-likeness (QED) is 0.323. The Morgan fingerprint density at radius 2 is 0.417 bits per heavy atom. The zero-order valence-corrected chi connectivity index (χ0v) is 11.7. The fraction of sp³-hybridized carbons (Fsp3) is 1.00. The van der Waals surface area contributed by atoms with Crippen LogP contribution in [0.25, 0.3) is 0 Å². The molecule has 0 saturated heterocycles. The molecule has 0 aromatic heterocycles. The van der Waals surface area contributed by atoms with Crippen molar-refractivity contribution in [2.75, 3.05) is 0 Å². The average molecular weight is 438 g/mol. The van der Waals surface area contributed by atoms with Crippen molar-refractivity contribution in [2.24, 2.45) is 0 Å². The minimum absolute atomic E-state index is 7.24. The average Bonchev–Trinajstić information content (AvgIpc) is 2.02. The number of hydrogen-bond donors (Lipinski definition) is 0. The van der Waals surface area contributed by atoms with Crippen molar-refractivity contribution < 1.29 is 70.2 Å². The first-order chi connectivity index (χ1) is 9.98. The fourth-order valence-electron chi connectivity index (χ4n) is 1.19. The molecule has 0 aliphatic carbocycles. The Morgan fingerprint density at radius 1 is 0.292 bits per heavy atom. The van der Waals surface area contributed by atoms with Gasteiger partial charge in [-0.25, -0.2) is 0 Å². The Hall–Kier alpha value is -0.260. The molecule has 0 radical (unpaired) electrons. The van der Waals surface area contributed by atoms with Crippen LogP contribution >= 0.6 is 15.8 Å². The fourth-order valence-corrected chi connectivity index (χ4v) is 4.18. The molecule has 0 unspecified atom stereocenters. The zero-order valence-electron chi connectivity index (χ0n) is 9.94. The summed E-state index contributed by atoms with van der Waals surface area (Å²) in [5.74, 6) is -28.9. The van der Waals surface area contributed by atoms with E-state index in [4.69, 9.17) is 0 Å². The van der Waals surface area contributed by atoms with Gasteiger partial charge in [0.1, 0.15) is 0 Å². The third kappa shape index (κ3) is 4.67. The second-order valence-corrected chi connectivity index (χ2v) is 8.12. The van der Waals surface area contributed by atoms with E-state index in [-0.39, 0.29) is 0 Å². The molecule has 0 aromatic carbocycles. The number of alkyl halides is 16. The number of hydrogen-bond acceptors (Lipinski definition) is 0. The van der Waals surface area contributed by atoms with E-state index in [1.165, 1.54) is 0 Å². The molecule has 0 rings (SSSR count). The summed E-state index contributed by atoms with van der Waals surface area (Å²) < 4.78 is 197. The Kier molecular flexibility index (Phi) is 6.10. The van der Waals surface area contributed by atoms with Gasteiger partial charge in [0.2, 0.25) is 0 Å². The summed E-state index contributed by atoms with van der Waals surface area (Å²) in [4.78, 5) is 0. The first-order valence-electron chi connectivity index (χ1n) is 4.62. The van der Waals surface area contributed by atoms with Gasteiger partial charge < -0.3 is 0 Å². The van der Waals surface area contributed by atoms with Crippen molar-refractivity contribution in [3.05, 3.63) is 0 Å². The molecule has 0 atom stereocenters. The minimum Gasteiger partial charge on any atom is -0.194 e. The van der Waals surface area contributed by atoms with E-state index in [1.807, 2.05) is 0 Å². The number of rotatable bonds is 3. The van der Waals surface area contributed by atoms with Crippen molar-refractivity contribution in [1.29, 1.82) is 0 Å². The van der Waals surface area contributed by atoms with Gasteiger partial charge >= 0.3 is 35.0 Å². The maximum absolute atomic E-state index is 13.0. The highest BCUT2D eigenvalue weighted by Gasteiger charge is 2.84. The monoisotopic (exact) mass is 438 g/mol. The van der Waals surface area contributed by atoms with Gasteiger partial charge in [-0.3, -0.25) is 0 Å².